The van der Waals surface area contributed by atoms with Gasteiger partial charge in [0.05, 0.1) is 11.4 Å². The Labute approximate surface area is 101 Å². The van der Waals surface area contributed by atoms with Crippen LogP contribution in [0.3, 0.4) is 0 Å². The van der Waals surface area contributed by atoms with Crippen molar-refractivity contribution in [2.45, 2.75) is 19.4 Å². The molecule has 0 fully saturated rings. The molecule has 0 bridgehead atoms. The lowest BCUT2D eigenvalue weighted by atomic mass is 9.96. The van der Waals surface area contributed by atoms with Crippen molar-refractivity contribution >= 4 is 5.78 Å². The van der Waals surface area contributed by atoms with Crippen LogP contribution in [0.15, 0.2) is 53.9 Å². The second-order valence-corrected chi connectivity index (χ2v) is 4.15. The molecule has 3 N–H and O–H groups in total. The number of nitrogens with two attached hydrogens (primary N) is 1. The summed E-state index contributed by atoms with van der Waals surface area (Å²) in [6, 6.07) is 9.99. The second-order valence-electron chi connectivity index (χ2n) is 4.15. The molecule has 0 heterocycles. The summed E-state index contributed by atoms with van der Waals surface area (Å²) >= 11 is 0. The van der Waals surface area contributed by atoms with Gasteiger partial charge in [0, 0.05) is 13.0 Å². The zero-order valence-corrected chi connectivity index (χ0v) is 9.70. The molecule has 1 aromatic carbocycles. The maximum atomic E-state index is 11.5. The first-order valence-electron chi connectivity index (χ1n) is 5.67. The largest absolute Gasteiger partial charge is 0.394 e. The number of benzene rings is 1. The van der Waals surface area contributed by atoms with Gasteiger partial charge in [-0.1, -0.05) is 36.9 Å². The first-order valence-corrected chi connectivity index (χ1v) is 5.67. The Balaban J connectivity index is 2.10. The lowest BCUT2D eigenvalue weighted by molar-refractivity contribution is -0.115. The van der Waals surface area contributed by atoms with E-state index in [4.69, 9.17) is 5.73 Å². The molecule has 1 aliphatic rings. The molecule has 0 amide bonds. The fourth-order valence-corrected chi connectivity index (χ4v) is 1.86. The van der Waals surface area contributed by atoms with Gasteiger partial charge in [-0.3, -0.25) is 4.79 Å². The van der Waals surface area contributed by atoms with E-state index in [0.29, 0.717) is 30.8 Å². The third-order valence-corrected chi connectivity index (χ3v) is 2.89. The zero-order chi connectivity index (χ0) is 12.3. The van der Waals surface area contributed by atoms with Crippen molar-refractivity contribution in [3.63, 3.8) is 0 Å². The van der Waals surface area contributed by atoms with Crippen LogP contribution in [0.2, 0.25) is 0 Å². The van der Waals surface area contributed by atoms with Crippen LogP contribution in [0, 0.1) is 0 Å². The Hall–Kier alpha value is -2.03. The fraction of sp³-hybridized carbons (Fsp3) is 0.214. The standard InChI is InChI=1S/C14H16N2O/c1-10-7-8-12(17)13(15)14(10)16-9-11-5-3-2-4-6-11/h2-6,16H,1,7-9,15H2. The molecule has 88 valence electrons. The molecule has 1 aromatic rings. The van der Waals surface area contributed by atoms with Crippen LogP contribution in [0.5, 0.6) is 0 Å². The van der Waals surface area contributed by atoms with Gasteiger partial charge in [-0.2, -0.15) is 0 Å². The summed E-state index contributed by atoms with van der Waals surface area (Å²) in [5.41, 5.74) is 8.88. The van der Waals surface area contributed by atoms with E-state index < -0.39 is 0 Å². The summed E-state index contributed by atoms with van der Waals surface area (Å²) in [5.74, 6) is 0.00737. The summed E-state index contributed by atoms with van der Waals surface area (Å²) < 4.78 is 0. The smallest absolute Gasteiger partial charge is 0.180 e. The number of Topliss-reactive ketones (excluding diaryl/α,β-unsaturated/α-hetero) is 1. The average Bonchev–Trinajstić information content (AvgIpc) is 2.35. The monoisotopic (exact) mass is 228 g/mol. The first-order chi connectivity index (χ1) is 8.18. The molecule has 0 atom stereocenters. The Morgan fingerprint density at radius 2 is 1.94 bits per heavy atom. The molecule has 0 spiro atoms. The van der Waals surface area contributed by atoms with E-state index in [9.17, 15) is 4.79 Å². The van der Waals surface area contributed by atoms with Crippen LogP contribution in [-0.2, 0) is 11.3 Å². The van der Waals surface area contributed by atoms with Crippen LogP contribution >= 0.6 is 0 Å². The minimum Gasteiger partial charge on any atom is -0.394 e. The van der Waals surface area contributed by atoms with E-state index in [0.717, 1.165) is 11.1 Å². The van der Waals surface area contributed by atoms with E-state index >= 15 is 0 Å². The summed E-state index contributed by atoms with van der Waals surface area (Å²) in [6.07, 6.45) is 1.16. The van der Waals surface area contributed by atoms with Crippen LogP contribution in [-0.4, -0.2) is 5.78 Å². The number of allylic oxidation sites excluding steroid dienone is 2. The van der Waals surface area contributed by atoms with Crippen LogP contribution in [0.1, 0.15) is 18.4 Å². The third kappa shape index (κ3) is 2.56. The number of ketones is 1. The maximum absolute atomic E-state index is 11.5. The van der Waals surface area contributed by atoms with Gasteiger partial charge in [0.2, 0.25) is 0 Å². The lowest BCUT2D eigenvalue weighted by Gasteiger charge is -2.20. The normalized spacial score (nSPS) is 16.2. The molecule has 17 heavy (non-hydrogen) atoms. The lowest BCUT2D eigenvalue weighted by Crippen LogP contribution is -2.27. The van der Waals surface area contributed by atoms with Gasteiger partial charge in [0.15, 0.2) is 5.78 Å². The van der Waals surface area contributed by atoms with Crippen molar-refractivity contribution in [1.82, 2.24) is 5.32 Å². The summed E-state index contributed by atoms with van der Waals surface area (Å²) in [6.45, 7) is 4.60. The van der Waals surface area contributed by atoms with Crippen LogP contribution in [0.4, 0.5) is 0 Å². The highest BCUT2D eigenvalue weighted by molar-refractivity contribution is 5.97. The quantitative estimate of drug-likeness (QED) is 0.830. The van der Waals surface area contributed by atoms with Gasteiger partial charge in [-0.15, -0.1) is 0 Å². The fourth-order valence-electron chi connectivity index (χ4n) is 1.86. The van der Waals surface area contributed by atoms with E-state index in [1.54, 1.807) is 0 Å². The van der Waals surface area contributed by atoms with Gasteiger partial charge in [0.1, 0.15) is 0 Å². The average molecular weight is 228 g/mol. The third-order valence-electron chi connectivity index (χ3n) is 2.89. The number of nitrogens with one attached hydrogen (secondary N) is 1. The molecular formula is C14H16N2O. The molecule has 1 aliphatic carbocycles. The van der Waals surface area contributed by atoms with Crippen molar-refractivity contribution < 1.29 is 4.79 Å². The van der Waals surface area contributed by atoms with Gasteiger partial charge in [-0.25, -0.2) is 0 Å². The summed E-state index contributed by atoms with van der Waals surface area (Å²) in [7, 11) is 0. The number of carbonyl (C=O) groups excluding carboxylic acids is 1. The Morgan fingerprint density at radius 1 is 1.24 bits per heavy atom. The molecule has 0 saturated heterocycles. The molecule has 3 heteroatoms. The Morgan fingerprint density at radius 3 is 2.65 bits per heavy atom. The summed E-state index contributed by atoms with van der Waals surface area (Å²) in [5, 5.41) is 3.20. The second kappa shape index (κ2) is 4.87. The highest BCUT2D eigenvalue weighted by atomic mass is 16.1. The van der Waals surface area contributed by atoms with Crippen molar-refractivity contribution in [2.75, 3.05) is 0 Å². The van der Waals surface area contributed by atoms with Crippen molar-refractivity contribution in [2.24, 2.45) is 5.73 Å². The zero-order valence-electron chi connectivity index (χ0n) is 9.70. The molecular weight excluding hydrogens is 212 g/mol. The number of hydrogen-bond acceptors (Lipinski definition) is 3. The number of carbonyl (C=O) groups is 1. The van der Waals surface area contributed by atoms with Gasteiger partial charge in [0.25, 0.3) is 0 Å². The maximum Gasteiger partial charge on any atom is 0.180 e. The van der Waals surface area contributed by atoms with Gasteiger partial charge < -0.3 is 11.1 Å². The minimum absolute atomic E-state index is 0.00737. The first kappa shape index (κ1) is 11.5. The van der Waals surface area contributed by atoms with Crippen molar-refractivity contribution in [3.8, 4) is 0 Å². The SMILES string of the molecule is C=C1CCC(=O)C(N)=C1NCc1ccccc1. The molecule has 0 unspecified atom stereocenters. The van der Waals surface area contributed by atoms with E-state index in [1.807, 2.05) is 30.3 Å². The van der Waals surface area contributed by atoms with E-state index in [1.165, 1.54) is 0 Å². The van der Waals surface area contributed by atoms with Crippen molar-refractivity contribution in [1.29, 1.82) is 0 Å². The minimum atomic E-state index is 0.00737. The van der Waals surface area contributed by atoms with Gasteiger partial charge >= 0.3 is 0 Å². The van der Waals surface area contributed by atoms with Crippen LogP contribution in [0.25, 0.3) is 0 Å². The van der Waals surface area contributed by atoms with Crippen LogP contribution < -0.4 is 11.1 Å². The topological polar surface area (TPSA) is 55.1 Å². The number of rotatable bonds is 3. The van der Waals surface area contributed by atoms with Gasteiger partial charge in [-0.05, 0) is 17.6 Å². The highest BCUT2D eigenvalue weighted by Crippen LogP contribution is 2.21. The van der Waals surface area contributed by atoms with E-state index in [-0.39, 0.29) is 5.78 Å². The van der Waals surface area contributed by atoms with Crippen molar-refractivity contribution in [3.05, 3.63) is 59.4 Å². The molecule has 0 saturated carbocycles. The summed E-state index contributed by atoms with van der Waals surface area (Å²) in [4.78, 5) is 11.5. The predicted octanol–water partition coefficient (Wildman–Crippen LogP) is 1.87. The molecule has 0 aliphatic heterocycles. The Kier molecular flexibility index (Phi) is 3.28. The predicted molar refractivity (Wildman–Crippen MR) is 67.9 cm³/mol. The molecule has 0 aromatic heterocycles. The Bertz CT molecular complexity index is 474. The highest BCUT2D eigenvalue weighted by Gasteiger charge is 2.20. The molecule has 3 nitrogen and oxygen atoms in total. The molecule has 2 rings (SSSR count). The van der Waals surface area contributed by atoms with E-state index in [2.05, 4.69) is 11.9 Å². The number of hydrogen-bond donors (Lipinski definition) is 2. The molecule has 0 radical (unpaired) electrons.